The summed E-state index contributed by atoms with van der Waals surface area (Å²) in [6.45, 7) is 0.569. The Labute approximate surface area is 125 Å². The van der Waals surface area contributed by atoms with Gasteiger partial charge in [-0.15, -0.1) is 13.2 Å². The minimum Gasteiger partial charge on any atom is -0.467 e. The first-order valence-corrected chi connectivity index (χ1v) is 6.42. The second-order valence-electron chi connectivity index (χ2n) is 4.30. The number of aromatic nitrogens is 2. The van der Waals surface area contributed by atoms with Gasteiger partial charge >= 0.3 is 12.4 Å². The molecular weight excluding hydrogens is 299 g/mol. The number of halogens is 3. The summed E-state index contributed by atoms with van der Waals surface area (Å²) in [4.78, 5) is 7.97. The minimum atomic E-state index is -4.67. The lowest BCUT2D eigenvalue weighted by Gasteiger charge is -2.10. The summed E-state index contributed by atoms with van der Waals surface area (Å²) >= 11 is 0. The van der Waals surface area contributed by atoms with Gasteiger partial charge in [0.25, 0.3) is 0 Å². The molecule has 0 aliphatic rings. The summed E-state index contributed by atoms with van der Waals surface area (Å²) in [6.07, 6.45) is -2.48. The molecule has 5 nitrogen and oxygen atoms in total. The van der Waals surface area contributed by atoms with E-state index in [0.29, 0.717) is 18.8 Å². The Balaban J connectivity index is 1.84. The fourth-order valence-electron chi connectivity index (χ4n) is 1.73. The maximum absolute atomic E-state index is 12.0. The van der Waals surface area contributed by atoms with E-state index in [9.17, 15) is 13.2 Å². The van der Waals surface area contributed by atoms with Crippen LogP contribution in [-0.2, 0) is 6.42 Å². The molecule has 1 N–H and O–H groups in total. The molecule has 0 radical (unpaired) electrons. The van der Waals surface area contributed by atoms with Gasteiger partial charge in [-0.3, -0.25) is 0 Å². The molecule has 0 unspecified atom stereocenters. The van der Waals surface area contributed by atoms with Crippen molar-refractivity contribution in [3.05, 3.63) is 42.1 Å². The number of benzene rings is 1. The normalized spacial score (nSPS) is 11.1. The van der Waals surface area contributed by atoms with Gasteiger partial charge in [0.15, 0.2) is 0 Å². The van der Waals surface area contributed by atoms with E-state index < -0.39 is 6.36 Å². The molecule has 22 heavy (non-hydrogen) atoms. The number of hydrogen-bond donors (Lipinski definition) is 1. The zero-order valence-corrected chi connectivity index (χ0v) is 11.7. The zero-order chi connectivity index (χ0) is 16.0. The van der Waals surface area contributed by atoms with E-state index >= 15 is 0 Å². The summed E-state index contributed by atoms with van der Waals surface area (Å²) in [5.74, 6) is 0.383. The van der Waals surface area contributed by atoms with Crippen LogP contribution in [0.5, 0.6) is 11.8 Å². The lowest BCUT2D eigenvalue weighted by molar-refractivity contribution is -0.274. The Morgan fingerprint density at radius 2 is 1.86 bits per heavy atom. The third-order valence-corrected chi connectivity index (χ3v) is 2.69. The molecule has 0 saturated heterocycles. The number of hydrogen-bond acceptors (Lipinski definition) is 5. The van der Waals surface area contributed by atoms with Crippen molar-refractivity contribution in [2.75, 3.05) is 19.0 Å². The van der Waals surface area contributed by atoms with E-state index in [2.05, 4.69) is 20.0 Å². The van der Waals surface area contributed by atoms with Gasteiger partial charge < -0.3 is 14.8 Å². The van der Waals surface area contributed by atoms with Gasteiger partial charge in [0.05, 0.1) is 7.11 Å². The van der Waals surface area contributed by atoms with Crippen molar-refractivity contribution in [2.24, 2.45) is 0 Å². The second kappa shape index (κ2) is 6.97. The minimum absolute atomic E-state index is 0.232. The molecule has 0 atom stereocenters. The molecule has 118 valence electrons. The third kappa shape index (κ3) is 5.12. The highest BCUT2D eigenvalue weighted by atomic mass is 19.4. The lowest BCUT2D eigenvalue weighted by Crippen LogP contribution is -2.17. The number of ether oxygens (including phenoxy) is 2. The van der Waals surface area contributed by atoms with Gasteiger partial charge in [0.2, 0.25) is 0 Å². The van der Waals surface area contributed by atoms with Gasteiger partial charge in [-0.25, -0.2) is 4.98 Å². The number of nitrogens with zero attached hydrogens (tertiary/aromatic N) is 2. The van der Waals surface area contributed by atoms with Gasteiger partial charge in [0.1, 0.15) is 11.6 Å². The lowest BCUT2D eigenvalue weighted by atomic mass is 10.1. The van der Waals surface area contributed by atoms with E-state index in [0.717, 1.165) is 5.56 Å². The van der Waals surface area contributed by atoms with E-state index in [-0.39, 0.29) is 11.8 Å². The Morgan fingerprint density at radius 1 is 1.14 bits per heavy atom. The van der Waals surface area contributed by atoms with Crippen LogP contribution >= 0.6 is 0 Å². The largest absolute Gasteiger partial charge is 0.573 e. The van der Waals surface area contributed by atoms with Crippen molar-refractivity contribution in [1.29, 1.82) is 0 Å². The van der Waals surface area contributed by atoms with E-state index in [1.165, 1.54) is 19.2 Å². The summed E-state index contributed by atoms with van der Waals surface area (Å²) in [5.41, 5.74) is 0.878. The summed E-state index contributed by atoms with van der Waals surface area (Å²) < 4.78 is 44.8. The SMILES string of the molecule is COc1nccc(NCCc2ccc(OC(F)(F)F)cc2)n1. The van der Waals surface area contributed by atoms with Crippen LogP contribution in [0.2, 0.25) is 0 Å². The van der Waals surface area contributed by atoms with Crippen molar-refractivity contribution in [2.45, 2.75) is 12.8 Å². The third-order valence-electron chi connectivity index (χ3n) is 2.69. The van der Waals surface area contributed by atoms with Crippen LogP contribution in [0.15, 0.2) is 36.5 Å². The highest BCUT2D eigenvalue weighted by Crippen LogP contribution is 2.22. The molecule has 0 bridgehead atoms. The predicted octanol–water partition coefficient (Wildman–Crippen LogP) is 3.04. The summed E-state index contributed by atoms with van der Waals surface area (Å²) in [5, 5.41) is 3.08. The number of nitrogens with one attached hydrogen (secondary N) is 1. The Bertz CT molecular complexity index is 603. The van der Waals surface area contributed by atoms with E-state index in [4.69, 9.17) is 4.74 Å². The monoisotopic (exact) mass is 313 g/mol. The van der Waals surface area contributed by atoms with Crippen molar-refractivity contribution in [3.8, 4) is 11.8 Å². The van der Waals surface area contributed by atoms with Crippen molar-refractivity contribution in [1.82, 2.24) is 9.97 Å². The number of methoxy groups -OCH3 is 1. The molecule has 0 aliphatic carbocycles. The first-order valence-electron chi connectivity index (χ1n) is 6.42. The molecular formula is C14H14F3N3O2. The maximum Gasteiger partial charge on any atom is 0.573 e. The molecule has 0 aliphatic heterocycles. The summed E-state index contributed by atoms with van der Waals surface area (Å²) in [6, 6.07) is 7.71. The standard InChI is InChI=1S/C14H14F3N3O2/c1-21-13-19-9-7-12(20-13)18-8-6-10-2-4-11(5-3-10)22-14(15,16)17/h2-5,7,9H,6,8H2,1H3,(H,18,19,20). The van der Waals surface area contributed by atoms with Crippen molar-refractivity contribution >= 4 is 5.82 Å². The van der Waals surface area contributed by atoms with Crippen LogP contribution in [0, 0.1) is 0 Å². The van der Waals surface area contributed by atoms with Gasteiger partial charge in [-0.1, -0.05) is 12.1 Å². The number of alkyl halides is 3. The maximum atomic E-state index is 12.0. The Kier molecular flexibility index (Phi) is 5.03. The quantitative estimate of drug-likeness (QED) is 0.888. The van der Waals surface area contributed by atoms with Crippen LogP contribution in [-0.4, -0.2) is 30.0 Å². The molecule has 0 fully saturated rings. The predicted molar refractivity (Wildman–Crippen MR) is 73.9 cm³/mol. The molecule has 1 heterocycles. The molecule has 2 rings (SSSR count). The highest BCUT2D eigenvalue weighted by molar-refractivity contribution is 5.34. The number of rotatable bonds is 6. The fraction of sp³-hybridized carbons (Fsp3) is 0.286. The zero-order valence-electron chi connectivity index (χ0n) is 11.7. The van der Waals surface area contributed by atoms with Gasteiger partial charge in [0, 0.05) is 12.7 Å². The summed E-state index contributed by atoms with van der Waals surface area (Å²) in [7, 11) is 1.48. The molecule has 8 heteroatoms. The van der Waals surface area contributed by atoms with Crippen LogP contribution in [0.4, 0.5) is 19.0 Å². The highest BCUT2D eigenvalue weighted by Gasteiger charge is 2.30. The molecule has 1 aromatic carbocycles. The van der Waals surface area contributed by atoms with Crippen LogP contribution in [0.3, 0.4) is 0 Å². The molecule has 0 amide bonds. The molecule has 0 spiro atoms. The van der Waals surface area contributed by atoms with Crippen LogP contribution in [0.25, 0.3) is 0 Å². The van der Waals surface area contributed by atoms with E-state index in [1.807, 2.05) is 0 Å². The smallest absolute Gasteiger partial charge is 0.467 e. The van der Waals surface area contributed by atoms with Crippen LogP contribution < -0.4 is 14.8 Å². The average Bonchev–Trinajstić information content (AvgIpc) is 2.48. The van der Waals surface area contributed by atoms with Gasteiger partial charge in [-0.2, -0.15) is 4.98 Å². The van der Waals surface area contributed by atoms with Gasteiger partial charge in [-0.05, 0) is 30.2 Å². The molecule has 2 aromatic rings. The molecule has 0 saturated carbocycles. The second-order valence-corrected chi connectivity index (χ2v) is 4.30. The average molecular weight is 313 g/mol. The fourth-order valence-corrected chi connectivity index (χ4v) is 1.73. The van der Waals surface area contributed by atoms with Crippen molar-refractivity contribution < 1.29 is 22.6 Å². The van der Waals surface area contributed by atoms with Crippen molar-refractivity contribution in [3.63, 3.8) is 0 Å². The Hall–Kier alpha value is -2.51. The molecule has 1 aromatic heterocycles. The van der Waals surface area contributed by atoms with E-state index in [1.54, 1.807) is 24.4 Å². The number of anilines is 1. The first kappa shape index (κ1) is 15.9. The Morgan fingerprint density at radius 3 is 2.50 bits per heavy atom. The topological polar surface area (TPSA) is 56.3 Å². The first-order chi connectivity index (χ1) is 10.5. The van der Waals surface area contributed by atoms with Crippen LogP contribution in [0.1, 0.15) is 5.56 Å².